The second-order valence-electron chi connectivity index (χ2n) is 5.34. The molecule has 6 nitrogen and oxygen atoms in total. The number of sulfonamides is 1. The van der Waals surface area contributed by atoms with Crippen LogP contribution in [0.4, 0.5) is 11.5 Å². The van der Waals surface area contributed by atoms with E-state index in [1.54, 1.807) is 48.8 Å². The molecule has 1 N–H and O–H groups in total. The van der Waals surface area contributed by atoms with Gasteiger partial charge in [0.25, 0.3) is 10.0 Å². The number of fused-ring (bicyclic) bond motifs is 1. The summed E-state index contributed by atoms with van der Waals surface area (Å²) >= 11 is 1.33. The van der Waals surface area contributed by atoms with E-state index in [0.29, 0.717) is 11.5 Å². The van der Waals surface area contributed by atoms with Gasteiger partial charge in [0, 0.05) is 25.2 Å². The lowest BCUT2D eigenvalue weighted by Crippen LogP contribution is -2.12. The van der Waals surface area contributed by atoms with E-state index in [1.807, 2.05) is 25.1 Å². The highest BCUT2D eigenvalue weighted by Gasteiger charge is 2.14. The number of nitrogens with zero attached hydrogens (tertiary/aromatic N) is 3. The van der Waals surface area contributed by atoms with Gasteiger partial charge in [0.2, 0.25) is 0 Å². The van der Waals surface area contributed by atoms with Crippen molar-refractivity contribution < 1.29 is 8.42 Å². The van der Waals surface area contributed by atoms with Crippen molar-refractivity contribution in [1.82, 2.24) is 9.27 Å². The zero-order valence-electron chi connectivity index (χ0n) is 13.2. The van der Waals surface area contributed by atoms with E-state index in [0.717, 1.165) is 10.1 Å². The second-order valence-corrected chi connectivity index (χ2v) is 7.83. The largest absolute Gasteiger partial charge is 0.369 e. The lowest BCUT2D eigenvalue weighted by Gasteiger charge is -2.08. The highest BCUT2D eigenvalue weighted by molar-refractivity contribution is 7.92. The normalized spacial score (nSPS) is 11.9. The molecule has 0 bridgehead atoms. The van der Waals surface area contributed by atoms with Crippen molar-refractivity contribution in [1.29, 1.82) is 0 Å². The van der Waals surface area contributed by atoms with Gasteiger partial charge in [-0.25, -0.2) is 13.4 Å². The highest BCUT2D eigenvalue weighted by atomic mass is 32.2. The molecule has 8 heteroatoms. The monoisotopic (exact) mass is 360 g/mol. The van der Waals surface area contributed by atoms with Crippen LogP contribution in [-0.4, -0.2) is 38.1 Å². The van der Waals surface area contributed by atoms with Crippen LogP contribution < -0.4 is 4.72 Å². The molecule has 0 saturated heterocycles. The number of rotatable bonds is 5. The molecule has 0 radical (unpaired) electrons. The first-order valence-corrected chi connectivity index (χ1v) is 9.39. The van der Waals surface area contributed by atoms with Gasteiger partial charge in [-0.15, -0.1) is 0 Å². The maximum atomic E-state index is 12.4. The minimum atomic E-state index is -3.62. The first-order chi connectivity index (χ1) is 11.5. The predicted octanol–water partition coefficient (Wildman–Crippen LogP) is 3.32. The van der Waals surface area contributed by atoms with Crippen molar-refractivity contribution in [2.75, 3.05) is 18.8 Å². The molecule has 24 heavy (non-hydrogen) atoms. The number of aromatic nitrogens is 1. The van der Waals surface area contributed by atoms with E-state index >= 15 is 0 Å². The van der Waals surface area contributed by atoms with Gasteiger partial charge in [-0.2, -0.15) is 4.37 Å². The summed E-state index contributed by atoms with van der Waals surface area (Å²) in [6, 6.07) is 13.6. The van der Waals surface area contributed by atoms with Gasteiger partial charge in [-0.1, -0.05) is 18.2 Å². The quantitative estimate of drug-likeness (QED) is 0.559. The van der Waals surface area contributed by atoms with Crippen molar-refractivity contribution in [2.24, 2.45) is 4.99 Å². The third-order valence-electron chi connectivity index (χ3n) is 3.17. The predicted molar refractivity (Wildman–Crippen MR) is 98.7 cm³/mol. The van der Waals surface area contributed by atoms with Crippen molar-refractivity contribution >= 4 is 49.5 Å². The van der Waals surface area contributed by atoms with Gasteiger partial charge in [0.1, 0.15) is 0 Å². The Bertz CT molecular complexity index is 980. The van der Waals surface area contributed by atoms with E-state index in [1.165, 1.54) is 11.5 Å². The Morgan fingerprint density at radius 1 is 1.17 bits per heavy atom. The fourth-order valence-corrected chi connectivity index (χ4v) is 3.84. The number of anilines is 1. The first-order valence-electron chi connectivity index (χ1n) is 7.14. The summed E-state index contributed by atoms with van der Waals surface area (Å²) in [5, 5.41) is 0.811. The standard InChI is InChI=1S/C16H16N4O2S2/c1-20(2)11-17-16-14-10-12(8-9-15(14)23-18-16)19-24(21,22)13-6-4-3-5-7-13/h3-11,19H,1-2H3. The zero-order chi connectivity index (χ0) is 17.2. The SMILES string of the molecule is CN(C)C=Nc1nsc2ccc(NS(=O)(=O)c3ccccc3)cc12. The number of nitrogens with one attached hydrogen (secondary N) is 1. The summed E-state index contributed by atoms with van der Waals surface area (Å²) in [5.41, 5.74) is 0.479. The molecule has 0 aliphatic heterocycles. The summed E-state index contributed by atoms with van der Waals surface area (Å²) in [4.78, 5) is 6.35. The Hall–Kier alpha value is -2.45. The van der Waals surface area contributed by atoms with Gasteiger partial charge in [0.05, 0.1) is 15.9 Å². The third kappa shape index (κ3) is 3.55. The second kappa shape index (κ2) is 6.58. The summed E-state index contributed by atoms with van der Waals surface area (Å²) in [7, 11) is 0.128. The van der Waals surface area contributed by atoms with Crippen LogP contribution in [0.3, 0.4) is 0 Å². The average Bonchev–Trinajstić information content (AvgIpc) is 2.96. The van der Waals surface area contributed by atoms with Crippen LogP contribution >= 0.6 is 11.5 Å². The molecule has 2 aromatic carbocycles. The first kappa shape index (κ1) is 16.4. The van der Waals surface area contributed by atoms with Gasteiger partial charge in [0.15, 0.2) is 5.82 Å². The average molecular weight is 360 g/mol. The van der Waals surface area contributed by atoms with Crippen molar-refractivity contribution in [3.63, 3.8) is 0 Å². The Kier molecular flexibility index (Phi) is 4.50. The Morgan fingerprint density at radius 3 is 2.62 bits per heavy atom. The van der Waals surface area contributed by atoms with Crippen LogP contribution in [0, 0.1) is 0 Å². The lowest BCUT2D eigenvalue weighted by atomic mass is 10.2. The van der Waals surface area contributed by atoms with Crippen molar-refractivity contribution in [3.8, 4) is 0 Å². The van der Waals surface area contributed by atoms with Crippen LogP contribution in [0.15, 0.2) is 58.4 Å². The molecule has 0 fully saturated rings. The summed E-state index contributed by atoms with van der Waals surface area (Å²) < 4.78 is 32.7. The molecule has 124 valence electrons. The Labute approximate surface area is 144 Å². The molecular weight excluding hydrogens is 344 g/mol. The fourth-order valence-electron chi connectivity index (χ4n) is 2.07. The molecule has 0 saturated carbocycles. The van der Waals surface area contributed by atoms with E-state index in [9.17, 15) is 8.42 Å². The van der Waals surface area contributed by atoms with Gasteiger partial charge in [-0.05, 0) is 41.9 Å². The highest BCUT2D eigenvalue weighted by Crippen LogP contribution is 2.31. The van der Waals surface area contributed by atoms with Crippen molar-refractivity contribution in [3.05, 3.63) is 48.5 Å². The minimum absolute atomic E-state index is 0.222. The summed E-state index contributed by atoms with van der Waals surface area (Å²) in [5.74, 6) is 0.574. The van der Waals surface area contributed by atoms with E-state index in [4.69, 9.17) is 0 Å². The number of hydrogen-bond acceptors (Lipinski definition) is 5. The van der Waals surface area contributed by atoms with E-state index in [-0.39, 0.29) is 4.90 Å². The van der Waals surface area contributed by atoms with Gasteiger partial charge in [-0.3, -0.25) is 4.72 Å². The van der Waals surface area contributed by atoms with Crippen LogP contribution in [0.2, 0.25) is 0 Å². The van der Waals surface area contributed by atoms with Gasteiger partial charge < -0.3 is 4.90 Å². The number of hydrogen-bond donors (Lipinski definition) is 1. The van der Waals surface area contributed by atoms with Crippen LogP contribution in [0.25, 0.3) is 10.1 Å². The third-order valence-corrected chi connectivity index (χ3v) is 5.38. The molecule has 3 rings (SSSR count). The molecular formula is C16H16N4O2S2. The molecule has 0 aliphatic carbocycles. The lowest BCUT2D eigenvalue weighted by molar-refractivity contribution is 0.601. The van der Waals surface area contributed by atoms with Crippen LogP contribution in [0.1, 0.15) is 0 Å². The van der Waals surface area contributed by atoms with E-state index in [2.05, 4.69) is 14.1 Å². The topological polar surface area (TPSA) is 74.7 Å². The van der Waals surface area contributed by atoms with Gasteiger partial charge >= 0.3 is 0 Å². The maximum absolute atomic E-state index is 12.4. The molecule has 1 heterocycles. The van der Waals surface area contributed by atoms with Crippen molar-refractivity contribution in [2.45, 2.75) is 4.90 Å². The van der Waals surface area contributed by atoms with Crippen LogP contribution in [-0.2, 0) is 10.0 Å². The maximum Gasteiger partial charge on any atom is 0.261 e. The molecule has 1 aromatic heterocycles. The summed E-state index contributed by atoms with van der Waals surface area (Å²) in [6.07, 6.45) is 1.66. The smallest absolute Gasteiger partial charge is 0.261 e. The molecule has 0 spiro atoms. The minimum Gasteiger partial charge on any atom is -0.369 e. The Balaban J connectivity index is 1.95. The fraction of sp³-hybridized carbons (Fsp3) is 0.125. The molecule has 0 atom stereocenters. The number of aliphatic imine (C=N–C) groups is 1. The Morgan fingerprint density at radius 2 is 1.92 bits per heavy atom. The zero-order valence-corrected chi connectivity index (χ0v) is 14.8. The summed E-state index contributed by atoms with van der Waals surface area (Å²) in [6.45, 7) is 0. The molecule has 0 amide bonds. The molecule has 0 aliphatic rings. The molecule has 0 unspecified atom stereocenters. The van der Waals surface area contributed by atoms with Crippen LogP contribution in [0.5, 0.6) is 0 Å². The van der Waals surface area contributed by atoms with E-state index < -0.39 is 10.0 Å². The molecule has 3 aromatic rings. The number of benzene rings is 2.